The van der Waals surface area contributed by atoms with E-state index in [2.05, 4.69) is 18.7 Å². The Morgan fingerprint density at radius 3 is 2.50 bits per heavy atom. The van der Waals surface area contributed by atoms with Gasteiger partial charge in [-0.05, 0) is 24.7 Å². The average Bonchev–Trinajstić information content (AvgIpc) is 2.30. The fraction of sp³-hybridized carbons (Fsp3) is 1.00. The van der Waals surface area contributed by atoms with Crippen molar-refractivity contribution in [2.24, 2.45) is 17.8 Å². The summed E-state index contributed by atoms with van der Waals surface area (Å²) in [5.41, 5.74) is 0. The van der Waals surface area contributed by atoms with Crippen molar-refractivity contribution in [1.29, 1.82) is 0 Å². The second-order valence-electron chi connectivity index (χ2n) is 5.80. The molecule has 108 valence electrons. The zero-order chi connectivity index (χ0) is 13.5. The van der Waals surface area contributed by atoms with E-state index in [1.807, 2.05) is 0 Å². The molecule has 0 aliphatic heterocycles. The van der Waals surface area contributed by atoms with Crippen LogP contribution in [0.4, 0.5) is 0 Å². The number of ether oxygens (including phenoxy) is 1. The first-order valence-electron chi connectivity index (χ1n) is 7.08. The van der Waals surface area contributed by atoms with Crippen LogP contribution in [0.1, 0.15) is 26.7 Å². The van der Waals surface area contributed by atoms with E-state index in [1.165, 1.54) is 6.42 Å². The van der Waals surface area contributed by atoms with Crippen LogP contribution in [0.3, 0.4) is 0 Å². The second kappa shape index (κ2) is 8.10. The number of aliphatic hydroxyl groups excluding tert-OH is 2. The minimum Gasteiger partial charge on any atom is -0.395 e. The molecule has 0 aromatic heterocycles. The minimum absolute atomic E-state index is 0.164. The van der Waals surface area contributed by atoms with Crippen molar-refractivity contribution < 1.29 is 14.9 Å². The van der Waals surface area contributed by atoms with Crippen LogP contribution in [0.5, 0.6) is 0 Å². The Kier molecular flexibility index (Phi) is 7.15. The summed E-state index contributed by atoms with van der Waals surface area (Å²) in [4.78, 5) is 2.20. The summed E-state index contributed by atoms with van der Waals surface area (Å²) < 4.78 is 5.09. The molecule has 1 aliphatic carbocycles. The molecule has 0 amide bonds. The molecule has 0 saturated heterocycles. The highest BCUT2D eigenvalue weighted by Crippen LogP contribution is 2.34. The van der Waals surface area contributed by atoms with Gasteiger partial charge in [0.05, 0.1) is 19.3 Å². The van der Waals surface area contributed by atoms with Gasteiger partial charge in [-0.25, -0.2) is 0 Å². The minimum atomic E-state index is -0.201. The predicted octanol–water partition coefficient (Wildman–Crippen LogP) is 0.970. The molecular weight excluding hydrogens is 230 g/mol. The van der Waals surface area contributed by atoms with Crippen molar-refractivity contribution in [3.8, 4) is 0 Å². The molecular formula is C14H29NO3. The molecule has 4 atom stereocenters. The van der Waals surface area contributed by atoms with Crippen molar-refractivity contribution in [1.82, 2.24) is 4.90 Å². The molecule has 1 aliphatic rings. The van der Waals surface area contributed by atoms with Crippen LogP contribution in [-0.2, 0) is 4.74 Å². The molecule has 0 spiro atoms. The van der Waals surface area contributed by atoms with Gasteiger partial charge in [-0.1, -0.05) is 13.8 Å². The van der Waals surface area contributed by atoms with E-state index in [-0.39, 0.29) is 12.7 Å². The van der Waals surface area contributed by atoms with Gasteiger partial charge < -0.3 is 14.9 Å². The van der Waals surface area contributed by atoms with Crippen LogP contribution in [-0.4, -0.2) is 61.2 Å². The van der Waals surface area contributed by atoms with E-state index < -0.39 is 0 Å². The molecule has 2 N–H and O–H groups in total. The first-order valence-corrected chi connectivity index (χ1v) is 7.08. The van der Waals surface area contributed by atoms with Crippen LogP contribution in [0, 0.1) is 17.8 Å². The zero-order valence-corrected chi connectivity index (χ0v) is 12.0. The lowest BCUT2D eigenvalue weighted by Gasteiger charge is -2.39. The summed E-state index contributed by atoms with van der Waals surface area (Å²) in [5, 5.41) is 19.3. The van der Waals surface area contributed by atoms with Gasteiger partial charge in [-0.3, -0.25) is 4.90 Å². The molecule has 4 unspecified atom stereocenters. The maximum atomic E-state index is 10.2. The maximum Gasteiger partial charge on any atom is 0.0589 e. The summed E-state index contributed by atoms with van der Waals surface area (Å²) in [5.74, 6) is 1.49. The highest BCUT2D eigenvalue weighted by Gasteiger charge is 2.33. The van der Waals surface area contributed by atoms with Crippen LogP contribution in [0.25, 0.3) is 0 Å². The number of rotatable bonds is 7. The normalized spacial score (nSPS) is 33.0. The Morgan fingerprint density at radius 1 is 1.22 bits per heavy atom. The predicted molar refractivity (Wildman–Crippen MR) is 72.5 cm³/mol. The molecule has 0 aromatic carbocycles. The molecule has 1 rings (SSSR count). The standard InChI is InChI=1S/C14H29NO3/c1-11-8-12(2)13(14(17)9-11)10-15(4-6-16)5-7-18-3/h11-14,16-17H,4-10H2,1-3H3. The lowest BCUT2D eigenvalue weighted by atomic mass is 9.73. The van der Waals surface area contributed by atoms with Crippen LogP contribution < -0.4 is 0 Å². The monoisotopic (exact) mass is 259 g/mol. The summed E-state index contributed by atoms with van der Waals surface area (Å²) in [6.07, 6.45) is 1.90. The highest BCUT2D eigenvalue weighted by molar-refractivity contribution is 4.84. The van der Waals surface area contributed by atoms with Crippen LogP contribution in [0.2, 0.25) is 0 Å². The SMILES string of the molecule is COCCN(CCO)CC1C(C)CC(C)CC1O. The van der Waals surface area contributed by atoms with Gasteiger partial charge in [-0.2, -0.15) is 0 Å². The van der Waals surface area contributed by atoms with Crippen molar-refractivity contribution >= 4 is 0 Å². The second-order valence-corrected chi connectivity index (χ2v) is 5.80. The fourth-order valence-electron chi connectivity index (χ4n) is 3.13. The van der Waals surface area contributed by atoms with Crippen molar-refractivity contribution in [3.63, 3.8) is 0 Å². The van der Waals surface area contributed by atoms with E-state index in [0.717, 1.165) is 19.5 Å². The van der Waals surface area contributed by atoms with Gasteiger partial charge >= 0.3 is 0 Å². The quantitative estimate of drug-likeness (QED) is 0.715. The Labute approximate surface area is 111 Å². The third-order valence-corrected chi connectivity index (χ3v) is 4.14. The third-order valence-electron chi connectivity index (χ3n) is 4.14. The molecule has 4 nitrogen and oxygen atoms in total. The van der Waals surface area contributed by atoms with E-state index in [1.54, 1.807) is 7.11 Å². The van der Waals surface area contributed by atoms with Crippen LogP contribution in [0.15, 0.2) is 0 Å². The van der Waals surface area contributed by atoms with Crippen molar-refractivity contribution in [2.75, 3.05) is 40.0 Å². The molecule has 0 bridgehead atoms. The summed E-state index contributed by atoms with van der Waals surface area (Å²) in [6, 6.07) is 0. The molecule has 4 heteroatoms. The molecule has 1 fully saturated rings. The van der Waals surface area contributed by atoms with Gasteiger partial charge in [-0.15, -0.1) is 0 Å². The van der Waals surface area contributed by atoms with Gasteiger partial charge in [0.2, 0.25) is 0 Å². The average molecular weight is 259 g/mol. The number of hydrogen-bond acceptors (Lipinski definition) is 4. The van der Waals surface area contributed by atoms with Crippen LogP contribution >= 0.6 is 0 Å². The maximum absolute atomic E-state index is 10.2. The van der Waals surface area contributed by atoms with Gasteiger partial charge in [0, 0.05) is 32.7 Å². The lowest BCUT2D eigenvalue weighted by Crippen LogP contribution is -2.44. The Bertz CT molecular complexity index is 213. The lowest BCUT2D eigenvalue weighted by molar-refractivity contribution is -0.00749. The number of aliphatic hydroxyl groups is 2. The Morgan fingerprint density at radius 2 is 1.94 bits per heavy atom. The largest absolute Gasteiger partial charge is 0.395 e. The van der Waals surface area contributed by atoms with Gasteiger partial charge in [0.15, 0.2) is 0 Å². The first-order chi connectivity index (χ1) is 8.58. The Balaban J connectivity index is 2.50. The topological polar surface area (TPSA) is 52.9 Å². The molecule has 0 heterocycles. The van der Waals surface area contributed by atoms with Crippen molar-refractivity contribution in [2.45, 2.75) is 32.8 Å². The third kappa shape index (κ3) is 4.84. The highest BCUT2D eigenvalue weighted by atomic mass is 16.5. The smallest absolute Gasteiger partial charge is 0.0589 e. The van der Waals surface area contributed by atoms with E-state index in [0.29, 0.717) is 30.9 Å². The number of hydrogen-bond donors (Lipinski definition) is 2. The molecule has 1 saturated carbocycles. The van der Waals surface area contributed by atoms with Gasteiger partial charge in [0.25, 0.3) is 0 Å². The summed E-state index contributed by atoms with van der Waals surface area (Å²) >= 11 is 0. The first kappa shape index (κ1) is 15.9. The van der Waals surface area contributed by atoms with E-state index in [9.17, 15) is 5.11 Å². The fourth-order valence-corrected chi connectivity index (χ4v) is 3.13. The molecule has 18 heavy (non-hydrogen) atoms. The van der Waals surface area contributed by atoms with E-state index in [4.69, 9.17) is 9.84 Å². The van der Waals surface area contributed by atoms with E-state index >= 15 is 0 Å². The molecule has 0 aromatic rings. The number of nitrogens with zero attached hydrogens (tertiary/aromatic N) is 1. The Hall–Kier alpha value is -0.160. The number of methoxy groups -OCH3 is 1. The summed E-state index contributed by atoms with van der Waals surface area (Å²) in [7, 11) is 1.69. The molecule has 0 radical (unpaired) electrons. The van der Waals surface area contributed by atoms with Gasteiger partial charge in [0.1, 0.15) is 0 Å². The summed E-state index contributed by atoms with van der Waals surface area (Å²) in [6.45, 7) is 7.63. The van der Waals surface area contributed by atoms with Crippen molar-refractivity contribution in [3.05, 3.63) is 0 Å². The zero-order valence-electron chi connectivity index (χ0n) is 12.0.